The van der Waals surface area contributed by atoms with Gasteiger partial charge in [0.05, 0.1) is 24.7 Å². The van der Waals surface area contributed by atoms with E-state index in [1.165, 1.54) is 28.3 Å². The van der Waals surface area contributed by atoms with Gasteiger partial charge < -0.3 is 19.9 Å². The average Bonchev–Trinajstić information content (AvgIpc) is 3.48. The number of nitrogens with one attached hydrogen (secondary N) is 2. The van der Waals surface area contributed by atoms with Crippen molar-refractivity contribution in [2.45, 2.75) is 18.5 Å². The summed E-state index contributed by atoms with van der Waals surface area (Å²) >= 11 is 1.40. The number of para-hydroxylation sites is 1. The zero-order chi connectivity index (χ0) is 23.3. The molecule has 1 fully saturated rings. The number of ether oxygens (including phenoxy) is 1. The maximum absolute atomic E-state index is 12.6. The molecule has 1 amide bonds. The molecule has 2 aromatic heterocycles. The molecule has 0 spiro atoms. The second kappa shape index (κ2) is 10.3. The molecule has 0 unspecified atom stereocenters. The molecular weight excluding hydrogens is 448 g/mol. The number of carbonyl (C=O) groups is 1. The largest absolute Gasteiger partial charge is 0.378 e. The predicted octanol–water partition coefficient (Wildman–Crippen LogP) is 3.34. The number of aryl methyl sites for hydroxylation is 1. The van der Waals surface area contributed by atoms with Crippen LogP contribution < -0.4 is 10.2 Å². The number of aromatic amines is 1. The Bertz CT molecular complexity index is 1260. The van der Waals surface area contributed by atoms with E-state index in [0.717, 1.165) is 36.7 Å². The molecular formula is C25H28N6O2S. The predicted molar refractivity (Wildman–Crippen MR) is 135 cm³/mol. The first-order valence-corrected chi connectivity index (χ1v) is 12.5. The summed E-state index contributed by atoms with van der Waals surface area (Å²) in [6, 6.07) is 16.5. The van der Waals surface area contributed by atoms with Gasteiger partial charge >= 0.3 is 0 Å². The third-order valence-corrected chi connectivity index (χ3v) is 6.86. The van der Waals surface area contributed by atoms with Crippen molar-refractivity contribution in [3.8, 4) is 5.69 Å². The second-order valence-electron chi connectivity index (χ2n) is 8.30. The second-order valence-corrected chi connectivity index (χ2v) is 9.24. The molecule has 5 rings (SSSR count). The number of benzene rings is 2. The molecule has 0 bridgehead atoms. The fourth-order valence-corrected chi connectivity index (χ4v) is 4.88. The summed E-state index contributed by atoms with van der Waals surface area (Å²) in [6.45, 7) is 5.52. The van der Waals surface area contributed by atoms with Crippen molar-refractivity contribution >= 4 is 34.5 Å². The van der Waals surface area contributed by atoms with E-state index in [4.69, 9.17) is 4.74 Å². The first-order chi connectivity index (χ1) is 16.7. The Kier molecular flexibility index (Phi) is 6.82. The Morgan fingerprint density at radius 1 is 1.12 bits per heavy atom. The van der Waals surface area contributed by atoms with E-state index in [9.17, 15) is 4.79 Å². The number of hydrogen-bond acceptors (Lipinski definition) is 6. The van der Waals surface area contributed by atoms with Gasteiger partial charge in [-0.2, -0.15) is 0 Å². The minimum Gasteiger partial charge on any atom is -0.378 e. The average molecular weight is 477 g/mol. The van der Waals surface area contributed by atoms with E-state index in [2.05, 4.69) is 68.7 Å². The number of nitrogens with zero attached hydrogens (tertiary/aromatic N) is 4. The topological polar surface area (TPSA) is 88.1 Å². The lowest BCUT2D eigenvalue weighted by Crippen LogP contribution is -2.37. The minimum atomic E-state index is -0.0174. The molecule has 0 saturated carbocycles. The molecule has 0 atom stereocenters. The van der Waals surface area contributed by atoms with Crippen LogP contribution in [0.15, 0.2) is 59.9 Å². The Balaban J connectivity index is 1.24. The SMILES string of the molecule is Cc1ccc(-n2c(SCC(=O)NCCc3c[nH]c4ccccc34)nnc2N2CCOCC2)cc1. The highest BCUT2D eigenvalue weighted by atomic mass is 32.2. The van der Waals surface area contributed by atoms with Gasteiger partial charge in [0, 0.05) is 36.7 Å². The molecule has 176 valence electrons. The highest BCUT2D eigenvalue weighted by molar-refractivity contribution is 7.99. The highest BCUT2D eigenvalue weighted by Gasteiger charge is 2.22. The van der Waals surface area contributed by atoms with Gasteiger partial charge in [0.25, 0.3) is 0 Å². The Hall–Kier alpha value is -3.30. The van der Waals surface area contributed by atoms with E-state index < -0.39 is 0 Å². The van der Waals surface area contributed by atoms with Crippen LogP contribution in [-0.4, -0.2) is 64.3 Å². The smallest absolute Gasteiger partial charge is 0.232 e. The van der Waals surface area contributed by atoms with E-state index in [1.54, 1.807) is 0 Å². The molecule has 3 heterocycles. The first kappa shape index (κ1) is 22.5. The fourth-order valence-electron chi connectivity index (χ4n) is 4.10. The number of aromatic nitrogens is 4. The van der Waals surface area contributed by atoms with Crippen LogP contribution in [0.3, 0.4) is 0 Å². The quantitative estimate of drug-likeness (QED) is 0.379. The molecule has 2 aromatic carbocycles. The highest BCUT2D eigenvalue weighted by Crippen LogP contribution is 2.27. The first-order valence-electron chi connectivity index (χ1n) is 11.5. The summed E-state index contributed by atoms with van der Waals surface area (Å²) in [5.74, 6) is 1.05. The minimum absolute atomic E-state index is 0.0174. The number of fused-ring (bicyclic) bond motifs is 1. The van der Waals surface area contributed by atoms with E-state index in [1.807, 2.05) is 22.9 Å². The molecule has 1 saturated heterocycles. The fraction of sp³-hybridized carbons (Fsp3) is 0.320. The van der Waals surface area contributed by atoms with Gasteiger partial charge in [0.1, 0.15) is 0 Å². The maximum Gasteiger partial charge on any atom is 0.232 e. The van der Waals surface area contributed by atoms with E-state index in [0.29, 0.717) is 24.9 Å². The van der Waals surface area contributed by atoms with Gasteiger partial charge in [-0.05, 0) is 37.1 Å². The number of hydrogen-bond donors (Lipinski definition) is 2. The molecule has 0 radical (unpaired) electrons. The zero-order valence-electron chi connectivity index (χ0n) is 19.2. The number of morpholine rings is 1. The molecule has 4 aromatic rings. The summed E-state index contributed by atoms with van der Waals surface area (Å²) in [5.41, 5.74) is 4.50. The lowest BCUT2D eigenvalue weighted by Gasteiger charge is -2.27. The van der Waals surface area contributed by atoms with Gasteiger partial charge in [-0.1, -0.05) is 47.7 Å². The normalized spacial score (nSPS) is 14.0. The van der Waals surface area contributed by atoms with Crippen molar-refractivity contribution in [1.29, 1.82) is 0 Å². The van der Waals surface area contributed by atoms with Gasteiger partial charge in [-0.3, -0.25) is 9.36 Å². The van der Waals surface area contributed by atoms with Crippen LogP contribution in [-0.2, 0) is 16.0 Å². The van der Waals surface area contributed by atoms with E-state index in [-0.39, 0.29) is 11.7 Å². The van der Waals surface area contributed by atoms with Crippen molar-refractivity contribution in [3.63, 3.8) is 0 Å². The van der Waals surface area contributed by atoms with Crippen molar-refractivity contribution in [2.75, 3.05) is 43.5 Å². The number of anilines is 1. The molecule has 1 aliphatic heterocycles. The van der Waals surface area contributed by atoms with Crippen LogP contribution in [0.25, 0.3) is 16.6 Å². The molecule has 8 nitrogen and oxygen atoms in total. The molecule has 1 aliphatic rings. The monoisotopic (exact) mass is 476 g/mol. The summed E-state index contributed by atoms with van der Waals surface area (Å²) in [5, 5.41) is 13.8. The molecule has 2 N–H and O–H groups in total. The van der Waals surface area contributed by atoms with Gasteiger partial charge in [-0.25, -0.2) is 0 Å². The third-order valence-electron chi connectivity index (χ3n) is 5.93. The molecule has 9 heteroatoms. The van der Waals surface area contributed by atoms with Crippen LogP contribution in [0.2, 0.25) is 0 Å². The Morgan fingerprint density at radius 3 is 2.74 bits per heavy atom. The van der Waals surface area contributed by atoms with Gasteiger partial charge in [0.15, 0.2) is 5.16 Å². The Labute approximate surface area is 202 Å². The molecule has 0 aliphatic carbocycles. The summed E-state index contributed by atoms with van der Waals surface area (Å²) in [7, 11) is 0. The van der Waals surface area contributed by atoms with Crippen LogP contribution in [0.4, 0.5) is 5.95 Å². The third kappa shape index (κ3) is 4.95. The lowest BCUT2D eigenvalue weighted by molar-refractivity contribution is -0.118. The Morgan fingerprint density at radius 2 is 1.91 bits per heavy atom. The van der Waals surface area contributed by atoms with Crippen molar-refractivity contribution in [1.82, 2.24) is 25.1 Å². The van der Waals surface area contributed by atoms with Crippen LogP contribution >= 0.6 is 11.8 Å². The molecule has 34 heavy (non-hydrogen) atoms. The summed E-state index contributed by atoms with van der Waals surface area (Å²) < 4.78 is 7.53. The van der Waals surface area contributed by atoms with Crippen molar-refractivity contribution in [3.05, 3.63) is 65.9 Å². The standard InChI is InChI=1S/C25H28N6O2S/c1-18-6-8-20(9-7-18)31-24(30-12-14-33-15-13-30)28-29-25(31)34-17-23(32)26-11-10-19-16-27-22-5-3-2-4-21(19)22/h2-9,16,27H,10-15,17H2,1H3,(H,26,32). The van der Waals surface area contributed by atoms with E-state index >= 15 is 0 Å². The summed E-state index contributed by atoms with van der Waals surface area (Å²) in [4.78, 5) is 18.0. The maximum atomic E-state index is 12.6. The van der Waals surface area contributed by atoms with Crippen LogP contribution in [0, 0.1) is 6.92 Å². The van der Waals surface area contributed by atoms with Crippen LogP contribution in [0.1, 0.15) is 11.1 Å². The number of H-pyrrole nitrogens is 1. The zero-order valence-corrected chi connectivity index (χ0v) is 20.0. The van der Waals surface area contributed by atoms with Crippen molar-refractivity contribution in [2.24, 2.45) is 0 Å². The van der Waals surface area contributed by atoms with Gasteiger partial charge in [0.2, 0.25) is 11.9 Å². The number of carbonyl (C=O) groups excluding carboxylic acids is 1. The van der Waals surface area contributed by atoms with Crippen molar-refractivity contribution < 1.29 is 9.53 Å². The number of rotatable bonds is 8. The lowest BCUT2D eigenvalue weighted by atomic mass is 10.1. The van der Waals surface area contributed by atoms with Crippen LogP contribution in [0.5, 0.6) is 0 Å². The summed E-state index contributed by atoms with van der Waals surface area (Å²) in [6.07, 6.45) is 2.80. The van der Waals surface area contributed by atoms with Gasteiger partial charge in [-0.15, -0.1) is 10.2 Å². The number of thioether (sulfide) groups is 1. The number of amides is 1.